The Labute approximate surface area is 235 Å². The second kappa shape index (κ2) is 20.8. The Morgan fingerprint density at radius 1 is 0.846 bits per heavy atom. The molecule has 1 amide bonds. The van der Waals surface area contributed by atoms with Crippen molar-refractivity contribution >= 4 is 26.8 Å². The Kier molecular flexibility index (Phi) is 20.9. The van der Waals surface area contributed by atoms with Crippen molar-refractivity contribution < 1.29 is 51.6 Å². The highest BCUT2D eigenvalue weighted by Crippen LogP contribution is 2.23. The average Bonchev–Trinajstić information content (AvgIpc) is 2.93. The first-order valence-corrected chi connectivity index (χ1v) is 14.9. The van der Waals surface area contributed by atoms with Crippen LogP contribution in [0.3, 0.4) is 0 Å². The van der Waals surface area contributed by atoms with E-state index in [1.165, 1.54) is 7.11 Å². The minimum atomic E-state index is -2.53. The van der Waals surface area contributed by atoms with Crippen LogP contribution in [0.5, 0.6) is 0 Å². The maximum absolute atomic E-state index is 11.7. The summed E-state index contributed by atoms with van der Waals surface area (Å²) in [5, 5.41) is 2.48. The first kappa shape index (κ1) is 39.1. The van der Waals surface area contributed by atoms with Crippen molar-refractivity contribution in [1.29, 1.82) is 0 Å². The molecule has 13 heteroatoms. The van der Waals surface area contributed by atoms with Gasteiger partial charge in [0.05, 0.1) is 31.2 Å². The maximum atomic E-state index is 11.7. The summed E-state index contributed by atoms with van der Waals surface area (Å²) in [6.07, 6.45) is 1.32. The first-order chi connectivity index (χ1) is 18.2. The van der Waals surface area contributed by atoms with Crippen LogP contribution in [-0.2, 0) is 46.9 Å². The third kappa shape index (κ3) is 16.6. The zero-order chi connectivity index (χ0) is 30.5. The number of nitrogens with one attached hydrogen (secondary N) is 1. The molecule has 0 aliphatic heterocycles. The number of esters is 2. The van der Waals surface area contributed by atoms with Gasteiger partial charge in [0.25, 0.3) is 0 Å². The fraction of sp³-hybridized carbons (Fsp3) is 0.808. The summed E-state index contributed by atoms with van der Waals surface area (Å²) in [4.78, 5) is 44.4. The zero-order valence-corrected chi connectivity index (χ0v) is 26.6. The minimum absolute atomic E-state index is 0.0466. The molecule has 0 spiro atoms. The molecule has 0 aromatic carbocycles. The van der Waals surface area contributed by atoms with Gasteiger partial charge in [-0.2, -0.15) is 0 Å². The van der Waals surface area contributed by atoms with Gasteiger partial charge in [0, 0.05) is 33.9 Å². The molecular weight excluding hydrogens is 530 g/mol. The molecule has 1 N–H and O–H groups in total. The van der Waals surface area contributed by atoms with E-state index in [-0.39, 0.29) is 25.7 Å². The number of rotatable bonds is 19. The predicted octanol–water partition coefficient (Wildman–Crippen LogP) is 4.06. The predicted molar refractivity (Wildman–Crippen MR) is 148 cm³/mol. The molecule has 0 saturated heterocycles. The summed E-state index contributed by atoms with van der Waals surface area (Å²) in [5.41, 5.74) is -0.421. The molecule has 0 fully saturated rings. The van der Waals surface area contributed by atoms with E-state index < -0.39 is 31.7 Å². The molecule has 0 aromatic rings. The van der Waals surface area contributed by atoms with Crippen LogP contribution in [0, 0.1) is 10.8 Å². The lowest BCUT2D eigenvalue weighted by Crippen LogP contribution is -2.42. The van der Waals surface area contributed by atoms with E-state index in [1.54, 1.807) is 28.3 Å². The Hall–Kier alpha value is -2.03. The molecule has 12 nitrogen and oxygen atoms in total. The van der Waals surface area contributed by atoms with E-state index in [0.717, 1.165) is 12.0 Å². The lowest BCUT2D eigenvalue weighted by molar-refractivity contribution is -0.286. The number of ether oxygens (including phenoxy) is 3. The molecule has 1 unspecified atom stereocenters. The van der Waals surface area contributed by atoms with Crippen LogP contribution >= 0.6 is 0 Å². The number of alkyl carbamates (subject to hydrolysis) is 1. The summed E-state index contributed by atoms with van der Waals surface area (Å²) in [7, 11) is 3.49. The standard InChI is InChI=1S/C14H25NO6.C12H26O5Si/c1-6-14(4,12(16)18-5)10-19-13(17)15-7-8-20-21-9-11(2)3;1-7-12(2,3)11(13)17-9-8-10-18(14-4,15-5)16-6/h2,6-10H2,1,3-5H3,(H,15,17);7-10H2,1-6H3. The van der Waals surface area contributed by atoms with Crippen molar-refractivity contribution in [3.05, 3.63) is 12.2 Å². The fourth-order valence-corrected chi connectivity index (χ4v) is 4.26. The molecule has 0 aromatic heterocycles. The van der Waals surface area contributed by atoms with Crippen molar-refractivity contribution in [2.75, 3.05) is 61.4 Å². The second-order valence-electron chi connectivity index (χ2n) is 9.72. The normalized spacial score (nSPS) is 12.9. The maximum Gasteiger partial charge on any atom is 0.500 e. The minimum Gasteiger partial charge on any atom is -0.469 e. The Morgan fingerprint density at radius 3 is 1.90 bits per heavy atom. The largest absolute Gasteiger partial charge is 0.500 e. The van der Waals surface area contributed by atoms with Crippen LogP contribution < -0.4 is 5.32 Å². The van der Waals surface area contributed by atoms with Gasteiger partial charge in [-0.15, -0.1) is 0 Å². The number of hydrogen-bond donors (Lipinski definition) is 1. The quantitative estimate of drug-likeness (QED) is 0.0450. The van der Waals surface area contributed by atoms with E-state index in [0.29, 0.717) is 32.1 Å². The van der Waals surface area contributed by atoms with E-state index in [4.69, 9.17) is 32.5 Å². The highest BCUT2D eigenvalue weighted by molar-refractivity contribution is 6.60. The molecule has 230 valence electrons. The van der Waals surface area contributed by atoms with Crippen molar-refractivity contribution in [3.63, 3.8) is 0 Å². The van der Waals surface area contributed by atoms with E-state index in [9.17, 15) is 14.4 Å². The van der Waals surface area contributed by atoms with Gasteiger partial charge in [-0.1, -0.05) is 26.0 Å². The van der Waals surface area contributed by atoms with Crippen molar-refractivity contribution in [2.45, 2.75) is 66.8 Å². The van der Waals surface area contributed by atoms with Crippen molar-refractivity contribution in [1.82, 2.24) is 5.32 Å². The SMILES string of the molecule is C=C(C)COOCCNC(=O)OCC(C)(CC)C(=O)OC.CCC(C)(C)C(=O)OCCC[Si](OC)(OC)OC. The second-order valence-corrected chi connectivity index (χ2v) is 12.8. The van der Waals surface area contributed by atoms with Crippen molar-refractivity contribution in [2.24, 2.45) is 10.8 Å². The van der Waals surface area contributed by atoms with Gasteiger partial charge in [0.1, 0.15) is 13.2 Å². The monoisotopic (exact) mass is 581 g/mol. The van der Waals surface area contributed by atoms with Gasteiger partial charge in [0.2, 0.25) is 0 Å². The van der Waals surface area contributed by atoms with Crippen LogP contribution in [0.4, 0.5) is 4.79 Å². The molecule has 0 aliphatic rings. The molecule has 0 aliphatic carbocycles. The molecule has 0 saturated carbocycles. The van der Waals surface area contributed by atoms with Crippen LogP contribution in [0.25, 0.3) is 0 Å². The topological polar surface area (TPSA) is 137 Å². The molecular formula is C26H51NO11Si. The van der Waals surface area contributed by atoms with Gasteiger partial charge in [-0.3, -0.25) is 9.59 Å². The van der Waals surface area contributed by atoms with E-state index in [2.05, 4.69) is 16.6 Å². The summed E-state index contributed by atoms with van der Waals surface area (Å²) in [5.74, 6) is -0.571. The molecule has 39 heavy (non-hydrogen) atoms. The molecule has 0 rings (SSSR count). The smallest absolute Gasteiger partial charge is 0.469 e. The molecule has 1 atom stereocenters. The van der Waals surface area contributed by atoms with E-state index in [1.807, 2.05) is 34.6 Å². The Bertz CT molecular complexity index is 720. The number of carbonyl (C=O) groups is 3. The lowest BCUT2D eigenvalue weighted by Gasteiger charge is -2.24. The van der Waals surface area contributed by atoms with Gasteiger partial charge in [0.15, 0.2) is 0 Å². The average molecular weight is 582 g/mol. The van der Waals surface area contributed by atoms with Crippen molar-refractivity contribution in [3.8, 4) is 0 Å². The summed E-state index contributed by atoms with van der Waals surface area (Å²) in [6.45, 7) is 15.7. The van der Waals surface area contributed by atoms with Crippen LogP contribution in [-0.4, -0.2) is 88.2 Å². The number of hydrogen-bond acceptors (Lipinski definition) is 11. The number of amides is 1. The molecule has 0 bridgehead atoms. The number of carbonyl (C=O) groups excluding carboxylic acids is 3. The van der Waals surface area contributed by atoms with Gasteiger partial charge in [-0.25, -0.2) is 14.6 Å². The van der Waals surface area contributed by atoms with Gasteiger partial charge in [-0.05, 0) is 47.0 Å². The third-order valence-corrected chi connectivity index (χ3v) is 8.89. The van der Waals surface area contributed by atoms with Crippen LogP contribution in [0.1, 0.15) is 60.8 Å². The molecule has 0 radical (unpaired) electrons. The molecule has 0 heterocycles. The fourth-order valence-electron chi connectivity index (χ4n) is 2.57. The summed E-state index contributed by atoms with van der Waals surface area (Å²) < 4.78 is 30.8. The van der Waals surface area contributed by atoms with Gasteiger partial charge >= 0.3 is 26.8 Å². The first-order valence-electron chi connectivity index (χ1n) is 12.9. The third-order valence-electron chi connectivity index (χ3n) is 6.05. The van der Waals surface area contributed by atoms with Gasteiger partial charge < -0.3 is 32.8 Å². The summed E-state index contributed by atoms with van der Waals surface area (Å²) in [6, 6.07) is 0.635. The Morgan fingerprint density at radius 2 is 1.44 bits per heavy atom. The highest BCUT2D eigenvalue weighted by Gasteiger charge is 2.37. The summed E-state index contributed by atoms with van der Waals surface area (Å²) >= 11 is 0. The Balaban J connectivity index is 0. The highest BCUT2D eigenvalue weighted by atomic mass is 28.4. The van der Waals surface area contributed by atoms with E-state index >= 15 is 0 Å². The lowest BCUT2D eigenvalue weighted by atomic mass is 9.89. The van der Waals surface area contributed by atoms with Crippen LogP contribution in [0.2, 0.25) is 6.04 Å². The number of methoxy groups -OCH3 is 1. The zero-order valence-electron chi connectivity index (χ0n) is 25.6. The van der Waals surface area contributed by atoms with Crippen LogP contribution in [0.15, 0.2) is 12.2 Å².